The Hall–Kier alpha value is -0.850. The normalized spacial score (nSPS) is 35.5. The average molecular weight is 274 g/mol. The fourth-order valence-electron chi connectivity index (χ4n) is 4.55. The van der Waals surface area contributed by atoms with Gasteiger partial charge in [-0.2, -0.15) is 5.26 Å². The Bertz CT molecular complexity index is 520. The lowest BCUT2D eigenvalue weighted by molar-refractivity contribution is 0.108. The molecular weight excluding hydrogens is 252 g/mol. The van der Waals surface area contributed by atoms with E-state index in [0.29, 0.717) is 16.9 Å². The van der Waals surface area contributed by atoms with Gasteiger partial charge in [0, 0.05) is 17.5 Å². The standard InChI is InChI=1S/C16H22N2S/c1-15(2)11-6-7-16(3,8-11)14(15)18-10-13-5-4-12(9-17)19-13/h4-5,11,14,18H,6-8,10H2,1-3H3. The highest BCUT2D eigenvalue weighted by molar-refractivity contribution is 7.12. The second-order valence-electron chi connectivity index (χ2n) is 7.11. The van der Waals surface area contributed by atoms with E-state index in [9.17, 15) is 0 Å². The molecule has 3 atom stereocenters. The molecule has 19 heavy (non-hydrogen) atoms. The highest BCUT2D eigenvalue weighted by Crippen LogP contribution is 2.62. The molecule has 2 fully saturated rings. The molecule has 1 aromatic heterocycles. The minimum absolute atomic E-state index is 0.405. The molecule has 2 aliphatic rings. The van der Waals surface area contributed by atoms with Crippen LogP contribution in [0, 0.1) is 28.1 Å². The molecular formula is C16H22N2S. The lowest BCUT2D eigenvalue weighted by Gasteiger charge is -2.43. The van der Waals surface area contributed by atoms with E-state index in [2.05, 4.69) is 38.2 Å². The Morgan fingerprint density at radius 2 is 2.21 bits per heavy atom. The highest BCUT2D eigenvalue weighted by atomic mass is 32.1. The van der Waals surface area contributed by atoms with E-state index < -0.39 is 0 Å². The van der Waals surface area contributed by atoms with Crippen molar-refractivity contribution in [3.8, 4) is 6.07 Å². The number of rotatable bonds is 3. The number of thiophene rings is 1. The summed E-state index contributed by atoms with van der Waals surface area (Å²) in [6.45, 7) is 8.21. The summed E-state index contributed by atoms with van der Waals surface area (Å²) in [5, 5.41) is 12.7. The van der Waals surface area contributed by atoms with Gasteiger partial charge in [-0.25, -0.2) is 0 Å². The molecule has 0 aromatic carbocycles. The van der Waals surface area contributed by atoms with Crippen LogP contribution in [0.4, 0.5) is 0 Å². The zero-order valence-corrected chi connectivity index (χ0v) is 12.8. The van der Waals surface area contributed by atoms with Gasteiger partial charge in [0.2, 0.25) is 0 Å². The molecule has 0 radical (unpaired) electrons. The van der Waals surface area contributed by atoms with Crippen LogP contribution in [0.1, 0.15) is 49.8 Å². The van der Waals surface area contributed by atoms with E-state index in [1.54, 1.807) is 11.3 Å². The number of nitrogens with one attached hydrogen (secondary N) is 1. The van der Waals surface area contributed by atoms with Crippen molar-refractivity contribution in [2.24, 2.45) is 16.7 Å². The van der Waals surface area contributed by atoms with Crippen LogP contribution in [-0.4, -0.2) is 6.04 Å². The first-order chi connectivity index (χ1) is 8.95. The van der Waals surface area contributed by atoms with Crippen LogP contribution >= 0.6 is 11.3 Å². The zero-order valence-electron chi connectivity index (χ0n) is 12.0. The molecule has 0 aliphatic heterocycles. The average Bonchev–Trinajstić information content (AvgIpc) is 2.99. The van der Waals surface area contributed by atoms with Gasteiger partial charge in [0.15, 0.2) is 0 Å². The largest absolute Gasteiger partial charge is 0.308 e. The summed E-state index contributed by atoms with van der Waals surface area (Å²) in [7, 11) is 0. The fourth-order valence-corrected chi connectivity index (χ4v) is 5.30. The first-order valence-corrected chi connectivity index (χ1v) is 7.99. The predicted octanol–water partition coefficient (Wildman–Crippen LogP) is 3.92. The number of nitriles is 1. The molecule has 1 aromatic rings. The van der Waals surface area contributed by atoms with Crippen LogP contribution in [-0.2, 0) is 6.54 Å². The van der Waals surface area contributed by atoms with E-state index in [1.165, 1.54) is 24.1 Å². The van der Waals surface area contributed by atoms with Crippen molar-refractivity contribution < 1.29 is 0 Å². The summed E-state index contributed by atoms with van der Waals surface area (Å²) in [4.78, 5) is 2.09. The predicted molar refractivity (Wildman–Crippen MR) is 78.9 cm³/mol. The Labute approximate surface area is 119 Å². The van der Waals surface area contributed by atoms with E-state index in [0.717, 1.165) is 17.3 Å². The first-order valence-electron chi connectivity index (χ1n) is 7.18. The maximum Gasteiger partial charge on any atom is 0.110 e. The summed E-state index contributed by atoms with van der Waals surface area (Å²) in [5.41, 5.74) is 0.881. The fraction of sp³-hybridized carbons (Fsp3) is 0.688. The first kappa shape index (κ1) is 13.1. The second kappa shape index (κ2) is 4.33. The van der Waals surface area contributed by atoms with Crippen molar-refractivity contribution in [2.75, 3.05) is 0 Å². The van der Waals surface area contributed by atoms with Crippen LogP contribution in [0.25, 0.3) is 0 Å². The molecule has 102 valence electrons. The SMILES string of the molecule is CC12CCC(C1)C(C)(C)C2NCc1ccc(C#N)s1. The lowest BCUT2D eigenvalue weighted by atomic mass is 9.68. The summed E-state index contributed by atoms with van der Waals surface area (Å²) in [6, 6.07) is 6.83. The molecule has 2 aliphatic carbocycles. The Morgan fingerprint density at radius 1 is 1.42 bits per heavy atom. The van der Waals surface area contributed by atoms with Crippen LogP contribution in [0.2, 0.25) is 0 Å². The molecule has 3 rings (SSSR count). The lowest BCUT2D eigenvalue weighted by Crippen LogP contribution is -2.49. The molecule has 0 saturated heterocycles. The number of fused-ring (bicyclic) bond motifs is 2. The van der Waals surface area contributed by atoms with Gasteiger partial charge >= 0.3 is 0 Å². The van der Waals surface area contributed by atoms with Crippen molar-refractivity contribution in [1.82, 2.24) is 5.32 Å². The van der Waals surface area contributed by atoms with E-state index in [-0.39, 0.29) is 0 Å². The van der Waals surface area contributed by atoms with Crippen molar-refractivity contribution in [3.63, 3.8) is 0 Å². The van der Waals surface area contributed by atoms with Gasteiger partial charge < -0.3 is 5.32 Å². The summed E-state index contributed by atoms with van der Waals surface area (Å²) >= 11 is 1.61. The van der Waals surface area contributed by atoms with Gasteiger partial charge in [-0.3, -0.25) is 0 Å². The molecule has 0 spiro atoms. The molecule has 3 unspecified atom stereocenters. The minimum atomic E-state index is 0.405. The summed E-state index contributed by atoms with van der Waals surface area (Å²) in [6.07, 6.45) is 4.15. The third-order valence-corrected chi connectivity index (χ3v) is 6.51. The number of hydrogen-bond acceptors (Lipinski definition) is 3. The van der Waals surface area contributed by atoms with Crippen molar-refractivity contribution in [1.29, 1.82) is 5.26 Å². The monoisotopic (exact) mass is 274 g/mol. The van der Waals surface area contributed by atoms with Gasteiger partial charge in [-0.15, -0.1) is 11.3 Å². The zero-order chi connectivity index (χ0) is 13.7. The van der Waals surface area contributed by atoms with Crippen LogP contribution in [0.3, 0.4) is 0 Å². The number of hydrogen-bond donors (Lipinski definition) is 1. The van der Waals surface area contributed by atoms with Gasteiger partial charge in [0.25, 0.3) is 0 Å². The summed E-state index contributed by atoms with van der Waals surface area (Å²) < 4.78 is 0. The molecule has 1 heterocycles. The third-order valence-electron chi connectivity index (χ3n) is 5.52. The molecule has 2 nitrogen and oxygen atoms in total. The third kappa shape index (κ3) is 2.02. The van der Waals surface area contributed by atoms with Crippen molar-refractivity contribution >= 4 is 11.3 Å². The maximum atomic E-state index is 8.88. The van der Waals surface area contributed by atoms with Crippen LogP contribution < -0.4 is 5.32 Å². The Kier molecular flexibility index (Phi) is 2.99. The smallest absolute Gasteiger partial charge is 0.110 e. The molecule has 2 saturated carbocycles. The topological polar surface area (TPSA) is 35.8 Å². The van der Waals surface area contributed by atoms with Gasteiger partial charge in [0.05, 0.1) is 0 Å². The van der Waals surface area contributed by atoms with Gasteiger partial charge in [0.1, 0.15) is 10.9 Å². The van der Waals surface area contributed by atoms with E-state index >= 15 is 0 Å². The molecule has 3 heteroatoms. The quantitative estimate of drug-likeness (QED) is 0.906. The number of nitrogens with zero attached hydrogens (tertiary/aromatic N) is 1. The molecule has 1 N–H and O–H groups in total. The van der Waals surface area contributed by atoms with Crippen LogP contribution in [0.15, 0.2) is 12.1 Å². The Morgan fingerprint density at radius 3 is 2.79 bits per heavy atom. The van der Waals surface area contributed by atoms with Gasteiger partial charge in [-0.1, -0.05) is 20.8 Å². The van der Waals surface area contributed by atoms with Gasteiger partial charge in [-0.05, 0) is 48.1 Å². The molecule has 0 amide bonds. The molecule has 2 bridgehead atoms. The van der Waals surface area contributed by atoms with Crippen molar-refractivity contribution in [3.05, 3.63) is 21.9 Å². The maximum absolute atomic E-state index is 8.88. The minimum Gasteiger partial charge on any atom is -0.308 e. The van der Waals surface area contributed by atoms with E-state index in [1.807, 2.05) is 6.07 Å². The van der Waals surface area contributed by atoms with Crippen molar-refractivity contribution in [2.45, 2.75) is 52.6 Å². The van der Waals surface area contributed by atoms with E-state index in [4.69, 9.17) is 5.26 Å². The second-order valence-corrected chi connectivity index (χ2v) is 8.28. The summed E-state index contributed by atoms with van der Waals surface area (Å²) in [5.74, 6) is 0.882. The Balaban J connectivity index is 1.71. The van der Waals surface area contributed by atoms with Crippen LogP contribution in [0.5, 0.6) is 0 Å². The highest BCUT2D eigenvalue weighted by Gasteiger charge is 2.58.